The number of fused-ring (bicyclic) bond motifs is 1. The molecular weight excluding hydrogens is 492 g/mol. The van der Waals surface area contributed by atoms with Crippen LogP contribution in [0.15, 0.2) is 43.1 Å². The van der Waals surface area contributed by atoms with E-state index in [0.29, 0.717) is 44.0 Å². The summed E-state index contributed by atoms with van der Waals surface area (Å²) >= 11 is 0. The normalized spacial score (nSPS) is 20.0. The molecule has 1 aliphatic carbocycles. The van der Waals surface area contributed by atoms with Gasteiger partial charge in [-0.2, -0.15) is 4.98 Å². The molecule has 0 radical (unpaired) electrons. The summed E-state index contributed by atoms with van der Waals surface area (Å²) in [6.07, 6.45) is 7.33. The molecule has 2 atom stereocenters. The quantitative estimate of drug-likeness (QED) is 0.487. The molecule has 1 aromatic heterocycles. The number of rotatable bonds is 9. The van der Waals surface area contributed by atoms with Gasteiger partial charge in [-0.1, -0.05) is 43.7 Å². The molecule has 1 saturated carbocycles. The zero-order valence-corrected chi connectivity index (χ0v) is 23.1. The van der Waals surface area contributed by atoms with Crippen molar-refractivity contribution >= 4 is 23.6 Å². The Bertz CT molecular complexity index is 1170. The molecule has 39 heavy (non-hydrogen) atoms. The lowest BCUT2D eigenvalue weighted by atomic mass is 9.96. The molecule has 2 fully saturated rings. The van der Waals surface area contributed by atoms with Crippen molar-refractivity contribution in [1.29, 1.82) is 0 Å². The van der Waals surface area contributed by atoms with Gasteiger partial charge in [-0.25, -0.2) is 4.98 Å². The van der Waals surface area contributed by atoms with Gasteiger partial charge in [-0.3, -0.25) is 19.4 Å². The molecule has 5 rings (SSSR count). The fraction of sp³-hybridized carbons (Fsp3) is 0.533. The topological polar surface area (TPSA) is 90.9 Å². The van der Waals surface area contributed by atoms with Crippen LogP contribution < -0.4 is 10.2 Å². The highest BCUT2D eigenvalue weighted by atomic mass is 16.5. The van der Waals surface area contributed by atoms with Crippen LogP contribution in [0.5, 0.6) is 0 Å². The van der Waals surface area contributed by atoms with E-state index in [1.807, 2.05) is 11.8 Å². The van der Waals surface area contributed by atoms with Crippen molar-refractivity contribution in [3.63, 3.8) is 0 Å². The van der Waals surface area contributed by atoms with Gasteiger partial charge in [0.2, 0.25) is 17.8 Å². The monoisotopic (exact) mass is 532 g/mol. The van der Waals surface area contributed by atoms with Crippen molar-refractivity contribution in [2.45, 2.75) is 58.2 Å². The minimum Gasteiger partial charge on any atom is -0.376 e. The number of aromatic nitrogens is 2. The second-order valence-corrected chi connectivity index (χ2v) is 10.8. The SMILES string of the molecule is C=CC(=O)N1CCN([C@@H](CC2CC2)c2ccc([C@H](C)Nc3ncc4c(n3)N(CC)C(=O)CCOC4)cc2)CC1. The van der Waals surface area contributed by atoms with Gasteiger partial charge in [-0.05, 0) is 43.4 Å². The van der Waals surface area contributed by atoms with Crippen molar-refractivity contribution < 1.29 is 14.3 Å². The predicted molar refractivity (Wildman–Crippen MR) is 151 cm³/mol. The maximum atomic E-state index is 12.6. The molecule has 9 heteroatoms. The molecule has 0 spiro atoms. The lowest BCUT2D eigenvalue weighted by molar-refractivity contribution is -0.128. The summed E-state index contributed by atoms with van der Waals surface area (Å²) in [6, 6.07) is 9.23. The summed E-state index contributed by atoms with van der Waals surface area (Å²) in [5.41, 5.74) is 3.30. The molecule has 1 saturated heterocycles. The Morgan fingerprint density at radius 3 is 2.56 bits per heavy atom. The first-order valence-electron chi connectivity index (χ1n) is 14.2. The van der Waals surface area contributed by atoms with Crippen molar-refractivity contribution in [3.8, 4) is 0 Å². The minimum absolute atomic E-state index is 0.0111. The van der Waals surface area contributed by atoms with Crippen LogP contribution >= 0.6 is 0 Å². The molecule has 0 unspecified atom stereocenters. The number of anilines is 2. The highest BCUT2D eigenvalue weighted by Gasteiger charge is 2.32. The molecule has 2 amide bonds. The molecule has 208 valence electrons. The first kappa shape index (κ1) is 27.3. The lowest BCUT2D eigenvalue weighted by Gasteiger charge is -2.39. The van der Waals surface area contributed by atoms with E-state index in [9.17, 15) is 9.59 Å². The van der Waals surface area contributed by atoms with E-state index in [1.54, 1.807) is 11.1 Å². The Kier molecular flexibility index (Phi) is 8.57. The Morgan fingerprint density at radius 1 is 1.18 bits per heavy atom. The van der Waals surface area contributed by atoms with Crippen molar-refractivity contribution in [3.05, 3.63) is 59.8 Å². The zero-order chi connectivity index (χ0) is 27.4. The number of carbonyl (C=O) groups is 2. The van der Waals surface area contributed by atoms with Crippen LogP contribution in [-0.2, 0) is 20.9 Å². The van der Waals surface area contributed by atoms with Crippen molar-refractivity contribution in [2.24, 2.45) is 5.92 Å². The van der Waals surface area contributed by atoms with Gasteiger partial charge in [0.05, 0.1) is 25.7 Å². The number of nitrogens with one attached hydrogen (secondary N) is 1. The third kappa shape index (κ3) is 6.47. The van der Waals surface area contributed by atoms with Gasteiger partial charge in [-0.15, -0.1) is 0 Å². The third-order valence-corrected chi connectivity index (χ3v) is 8.09. The van der Waals surface area contributed by atoms with Gasteiger partial charge < -0.3 is 15.0 Å². The van der Waals surface area contributed by atoms with E-state index in [4.69, 9.17) is 9.72 Å². The number of piperazine rings is 1. The van der Waals surface area contributed by atoms with Gasteiger partial charge in [0.15, 0.2) is 0 Å². The summed E-state index contributed by atoms with van der Waals surface area (Å²) in [4.78, 5) is 40.0. The van der Waals surface area contributed by atoms with Gasteiger partial charge in [0.25, 0.3) is 0 Å². The summed E-state index contributed by atoms with van der Waals surface area (Å²) < 4.78 is 5.60. The maximum absolute atomic E-state index is 12.6. The van der Waals surface area contributed by atoms with Crippen LogP contribution in [0.2, 0.25) is 0 Å². The summed E-state index contributed by atoms with van der Waals surface area (Å²) in [5, 5.41) is 3.42. The Morgan fingerprint density at radius 2 is 1.90 bits per heavy atom. The molecule has 2 aliphatic heterocycles. The van der Waals surface area contributed by atoms with Crippen LogP contribution in [-0.4, -0.2) is 70.9 Å². The maximum Gasteiger partial charge on any atom is 0.246 e. The molecular formula is C30H40N6O3. The number of amides is 2. The second kappa shape index (κ2) is 12.3. The van der Waals surface area contributed by atoms with Gasteiger partial charge in [0, 0.05) is 50.5 Å². The molecule has 9 nitrogen and oxygen atoms in total. The zero-order valence-electron chi connectivity index (χ0n) is 23.1. The van der Waals surface area contributed by atoms with Crippen molar-refractivity contribution in [1.82, 2.24) is 19.8 Å². The van der Waals surface area contributed by atoms with E-state index in [0.717, 1.165) is 43.2 Å². The largest absolute Gasteiger partial charge is 0.376 e. The number of hydrogen-bond donors (Lipinski definition) is 1. The molecule has 0 bridgehead atoms. The average Bonchev–Trinajstić information content (AvgIpc) is 3.78. The lowest BCUT2D eigenvalue weighted by Crippen LogP contribution is -2.49. The smallest absolute Gasteiger partial charge is 0.246 e. The predicted octanol–water partition coefficient (Wildman–Crippen LogP) is 4.09. The number of benzene rings is 1. The fourth-order valence-corrected chi connectivity index (χ4v) is 5.56. The van der Waals surface area contributed by atoms with E-state index < -0.39 is 0 Å². The number of carbonyl (C=O) groups excluding carboxylic acids is 2. The molecule has 3 aliphatic rings. The fourth-order valence-electron chi connectivity index (χ4n) is 5.56. The molecule has 1 N–H and O–H groups in total. The average molecular weight is 533 g/mol. The van der Waals surface area contributed by atoms with E-state index in [2.05, 4.69) is 53.0 Å². The van der Waals surface area contributed by atoms with Crippen molar-refractivity contribution in [2.75, 3.05) is 49.5 Å². The summed E-state index contributed by atoms with van der Waals surface area (Å²) in [5.74, 6) is 1.96. The molecule has 3 heterocycles. The van der Waals surface area contributed by atoms with Crippen LogP contribution in [0, 0.1) is 5.92 Å². The second-order valence-electron chi connectivity index (χ2n) is 10.8. The number of ether oxygens (including phenoxy) is 1. The van der Waals surface area contributed by atoms with E-state index in [-0.39, 0.29) is 17.9 Å². The molecule has 2 aromatic rings. The van der Waals surface area contributed by atoms with E-state index >= 15 is 0 Å². The number of nitrogens with zero attached hydrogens (tertiary/aromatic N) is 5. The Balaban J connectivity index is 1.27. The van der Waals surface area contributed by atoms with Gasteiger partial charge >= 0.3 is 0 Å². The minimum atomic E-state index is -0.0111. The Labute approximate surface area is 231 Å². The van der Waals surface area contributed by atoms with Crippen LogP contribution in [0.3, 0.4) is 0 Å². The number of hydrogen-bond acceptors (Lipinski definition) is 7. The molecule has 1 aromatic carbocycles. The third-order valence-electron chi connectivity index (χ3n) is 8.09. The summed E-state index contributed by atoms with van der Waals surface area (Å²) in [7, 11) is 0. The Hall–Kier alpha value is -3.30. The summed E-state index contributed by atoms with van der Waals surface area (Å²) in [6.45, 7) is 12.3. The van der Waals surface area contributed by atoms with Gasteiger partial charge in [0.1, 0.15) is 5.82 Å². The first-order valence-corrected chi connectivity index (χ1v) is 14.2. The highest BCUT2D eigenvalue weighted by Crippen LogP contribution is 2.40. The highest BCUT2D eigenvalue weighted by molar-refractivity contribution is 5.93. The first-order chi connectivity index (χ1) is 19.0. The van der Waals surface area contributed by atoms with Crippen LogP contribution in [0.25, 0.3) is 0 Å². The van der Waals surface area contributed by atoms with Crippen LogP contribution in [0.4, 0.5) is 11.8 Å². The van der Waals surface area contributed by atoms with E-state index in [1.165, 1.54) is 30.9 Å². The van der Waals surface area contributed by atoms with Crippen LogP contribution in [0.1, 0.15) is 68.3 Å². The standard InChI is InChI=1S/C30H40N6O3/c1-4-27(37)35-15-13-34(14-16-35)26(18-22-6-7-22)24-10-8-23(9-11-24)21(3)32-30-31-19-25-20-39-17-12-28(38)36(5-2)29(25)33-30/h4,8-11,19,21-22,26H,1,5-7,12-18,20H2,2-3H3,(H,31,32,33)/t21-,26-/m0/s1.